The van der Waals surface area contributed by atoms with E-state index < -0.39 is 0 Å². The topological polar surface area (TPSA) is 38.1 Å². The van der Waals surface area contributed by atoms with Gasteiger partial charge in [0.05, 0.1) is 11.6 Å². The van der Waals surface area contributed by atoms with Crippen LogP contribution in [0.3, 0.4) is 0 Å². The summed E-state index contributed by atoms with van der Waals surface area (Å²) < 4.78 is 5.95. The van der Waals surface area contributed by atoms with Crippen molar-refractivity contribution in [1.29, 1.82) is 0 Å². The van der Waals surface area contributed by atoms with Gasteiger partial charge in [0.25, 0.3) is 0 Å². The molecule has 0 aliphatic rings. The summed E-state index contributed by atoms with van der Waals surface area (Å²) in [5.74, 6) is 0.983. The Balaban J connectivity index is 1.92. The number of hydrogen-bond donors (Lipinski definition) is 1. The van der Waals surface area contributed by atoms with E-state index in [4.69, 9.17) is 4.42 Å². The first-order valence-electron chi connectivity index (χ1n) is 6.31. The Morgan fingerprint density at radius 1 is 1.37 bits per heavy atom. The van der Waals surface area contributed by atoms with Crippen molar-refractivity contribution in [2.24, 2.45) is 0 Å². The molecule has 0 aliphatic carbocycles. The fraction of sp³-hybridized carbons (Fsp3) is 0.267. The summed E-state index contributed by atoms with van der Waals surface area (Å²) in [5.41, 5.74) is 4.07. The fourth-order valence-electron chi connectivity index (χ4n) is 2.24. The molecule has 98 valence electrons. The molecule has 3 rings (SSSR count). The van der Waals surface area contributed by atoms with Gasteiger partial charge in [-0.25, -0.2) is 0 Å². The Kier molecular flexibility index (Phi) is 3.36. The van der Waals surface area contributed by atoms with Gasteiger partial charge in [0.2, 0.25) is 0 Å². The molecular formula is C15H16N2OS. The van der Waals surface area contributed by atoms with E-state index in [-0.39, 0.29) is 6.04 Å². The molecule has 4 heteroatoms. The normalized spacial score (nSPS) is 12.9. The maximum Gasteiger partial charge on any atom is 0.134 e. The summed E-state index contributed by atoms with van der Waals surface area (Å²) in [6, 6.07) is 8.58. The molecule has 2 heterocycles. The number of thiazole rings is 1. The van der Waals surface area contributed by atoms with E-state index in [1.807, 2.05) is 24.8 Å². The van der Waals surface area contributed by atoms with Crippen LogP contribution in [0.25, 0.3) is 11.0 Å². The second-order valence-electron chi connectivity index (χ2n) is 4.70. The highest BCUT2D eigenvalue weighted by atomic mass is 32.1. The molecule has 2 aromatic heterocycles. The van der Waals surface area contributed by atoms with E-state index in [1.54, 1.807) is 11.3 Å². The van der Waals surface area contributed by atoms with E-state index in [9.17, 15) is 0 Å². The van der Waals surface area contributed by atoms with E-state index in [0.29, 0.717) is 0 Å². The van der Waals surface area contributed by atoms with Crippen LogP contribution in [0.1, 0.15) is 22.2 Å². The molecular weight excluding hydrogens is 256 g/mol. The average Bonchev–Trinajstić information content (AvgIpc) is 3.03. The Hall–Kier alpha value is -1.65. The number of furan rings is 1. The second-order valence-corrected chi connectivity index (χ2v) is 5.67. The van der Waals surface area contributed by atoms with Crippen molar-refractivity contribution >= 4 is 22.3 Å². The molecule has 3 nitrogen and oxygen atoms in total. The molecule has 0 amide bonds. The zero-order chi connectivity index (χ0) is 13.2. The van der Waals surface area contributed by atoms with Crippen LogP contribution < -0.4 is 5.32 Å². The molecule has 0 spiro atoms. The van der Waals surface area contributed by atoms with Crippen molar-refractivity contribution < 1.29 is 4.42 Å². The summed E-state index contributed by atoms with van der Waals surface area (Å²) in [6.45, 7) is 2.10. The lowest BCUT2D eigenvalue weighted by atomic mass is 10.1. The maximum absolute atomic E-state index is 5.95. The number of hydrogen-bond acceptors (Lipinski definition) is 4. The fourth-order valence-corrected chi connectivity index (χ4v) is 2.89. The summed E-state index contributed by atoms with van der Waals surface area (Å²) in [6.07, 6.45) is 2.82. The van der Waals surface area contributed by atoms with Crippen LogP contribution in [0.15, 0.2) is 40.4 Å². The number of nitrogens with one attached hydrogen (secondary N) is 1. The highest BCUT2D eigenvalue weighted by molar-refractivity contribution is 7.09. The number of nitrogens with zero attached hydrogens (tertiary/aromatic N) is 1. The molecule has 3 aromatic rings. The molecule has 0 bridgehead atoms. The first-order chi connectivity index (χ1) is 9.26. The van der Waals surface area contributed by atoms with Crippen molar-refractivity contribution in [3.63, 3.8) is 0 Å². The largest absolute Gasteiger partial charge is 0.459 e. The van der Waals surface area contributed by atoms with Gasteiger partial charge in [0.1, 0.15) is 11.3 Å². The molecule has 0 saturated heterocycles. The Morgan fingerprint density at radius 3 is 3.00 bits per heavy atom. The number of benzene rings is 1. The lowest BCUT2D eigenvalue weighted by molar-refractivity contribution is 0.452. The van der Waals surface area contributed by atoms with Gasteiger partial charge in [-0.15, -0.1) is 11.3 Å². The van der Waals surface area contributed by atoms with E-state index in [1.165, 1.54) is 15.8 Å². The first kappa shape index (κ1) is 12.4. The average molecular weight is 272 g/mol. The lowest BCUT2D eigenvalue weighted by Gasteiger charge is -2.11. The molecule has 1 aromatic carbocycles. The molecule has 19 heavy (non-hydrogen) atoms. The minimum atomic E-state index is 0.188. The first-order valence-corrected chi connectivity index (χ1v) is 7.19. The van der Waals surface area contributed by atoms with Gasteiger partial charge in [-0.05, 0) is 32.2 Å². The maximum atomic E-state index is 5.95. The zero-order valence-corrected chi connectivity index (χ0v) is 11.8. The van der Waals surface area contributed by atoms with Crippen molar-refractivity contribution in [1.82, 2.24) is 10.3 Å². The van der Waals surface area contributed by atoms with Gasteiger partial charge in [0, 0.05) is 22.9 Å². The number of rotatable bonds is 4. The van der Waals surface area contributed by atoms with Gasteiger partial charge < -0.3 is 9.73 Å². The van der Waals surface area contributed by atoms with Crippen molar-refractivity contribution in [2.45, 2.75) is 19.4 Å². The molecule has 0 saturated carbocycles. The van der Waals surface area contributed by atoms with Gasteiger partial charge in [0.15, 0.2) is 0 Å². The Labute approximate surface area is 116 Å². The number of fused-ring (bicyclic) bond motifs is 1. The monoisotopic (exact) mass is 272 g/mol. The third kappa shape index (κ3) is 2.55. The predicted molar refractivity (Wildman–Crippen MR) is 78.6 cm³/mol. The lowest BCUT2D eigenvalue weighted by Crippen LogP contribution is -2.17. The van der Waals surface area contributed by atoms with E-state index in [0.717, 1.165) is 17.8 Å². The van der Waals surface area contributed by atoms with E-state index in [2.05, 4.69) is 35.4 Å². The Bertz CT molecular complexity index is 673. The third-order valence-corrected chi connectivity index (χ3v) is 4.07. The van der Waals surface area contributed by atoms with Crippen LogP contribution in [0.2, 0.25) is 0 Å². The smallest absolute Gasteiger partial charge is 0.134 e. The minimum Gasteiger partial charge on any atom is -0.459 e. The SMILES string of the molecule is CNC(Cc1cncs1)c1cc2cc(C)ccc2o1. The minimum absolute atomic E-state index is 0.188. The van der Waals surface area contributed by atoms with Gasteiger partial charge in [-0.1, -0.05) is 11.6 Å². The van der Waals surface area contributed by atoms with Crippen molar-refractivity contribution in [3.05, 3.63) is 52.2 Å². The summed E-state index contributed by atoms with van der Waals surface area (Å²) in [4.78, 5) is 5.38. The van der Waals surface area contributed by atoms with Gasteiger partial charge in [-0.2, -0.15) is 0 Å². The molecule has 1 N–H and O–H groups in total. The summed E-state index contributed by atoms with van der Waals surface area (Å²) in [5, 5.41) is 4.48. The Morgan fingerprint density at radius 2 is 2.26 bits per heavy atom. The second kappa shape index (κ2) is 5.15. The molecule has 1 unspecified atom stereocenters. The molecule has 0 aliphatic heterocycles. The third-order valence-electron chi connectivity index (χ3n) is 3.27. The van der Waals surface area contributed by atoms with Crippen LogP contribution in [0.5, 0.6) is 0 Å². The van der Waals surface area contributed by atoms with Crippen LogP contribution >= 0.6 is 11.3 Å². The number of aromatic nitrogens is 1. The highest BCUT2D eigenvalue weighted by Crippen LogP contribution is 2.27. The zero-order valence-electron chi connectivity index (χ0n) is 11.0. The van der Waals surface area contributed by atoms with Crippen LogP contribution in [-0.2, 0) is 6.42 Å². The summed E-state index contributed by atoms with van der Waals surface area (Å²) in [7, 11) is 1.96. The van der Waals surface area contributed by atoms with E-state index >= 15 is 0 Å². The van der Waals surface area contributed by atoms with Crippen LogP contribution in [-0.4, -0.2) is 12.0 Å². The quantitative estimate of drug-likeness (QED) is 0.787. The van der Waals surface area contributed by atoms with Gasteiger partial charge >= 0.3 is 0 Å². The summed E-state index contributed by atoms with van der Waals surface area (Å²) >= 11 is 1.68. The number of likely N-dealkylation sites (N-methyl/N-ethyl adjacent to an activating group) is 1. The number of aryl methyl sites for hydroxylation is 1. The standard InChI is InChI=1S/C15H16N2OS/c1-10-3-4-14-11(5-10)6-15(18-14)13(16-2)7-12-8-17-9-19-12/h3-6,8-9,13,16H,7H2,1-2H3. The molecule has 1 atom stereocenters. The van der Waals surface area contributed by atoms with Crippen LogP contribution in [0, 0.1) is 6.92 Å². The predicted octanol–water partition coefficient (Wildman–Crippen LogP) is 3.70. The van der Waals surface area contributed by atoms with Crippen molar-refractivity contribution in [3.8, 4) is 0 Å². The molecule has 0 fully saturated rings. The van der Waals surface area contributed by atoms with Crippen LogP contribution in [0.4, 0.5) is 0 Å². The molecule has 0 radical (unpaired) electrons. The van der Waals surface area contributed by atoms with Gasteiger partial charge in [-0.3, -0.25) is 4.98 Å². The van der Waals surface area contributed by atoms with Crippen molar-refractivity contribution in [2.75, 3.05) is 7.05 Å². The highest BCUT2D eigenvalue weighted by Gasteiger charge is 2.16.